The van der Waals surface area contributed by atoms with Gasteiger partial charge in [-0.25, -0.2) is 0 Å². The van der Waals surface area contributed by atoms with Gasteiger partial charge in [-0.1, -0.05) is 45.0 Å². The number of carbonyl (C=O) groups excluding carboxylic acids is 1. The molecular weight excluding hydrogens is 418 g/mol. The summed E-state index contributed by atoms with van der Waals surface area (Å²) in [5, 5.41) is 11.5. The molecular formula is C22H39NO5SSi. The van der Waals surface area contributed by atoms with Crippen molar-refractivity contribution in [2.24, 2.45) is 0 Å². The highest BCUT2D eigenvalue weighted by Gasteiger charge is 2.44. The van der Waals surface area contributed by atoms with E-state index in [1.165, 1.54) is 0 Å². The van der Waals surface area contributed by atoms with Crippen LogP contribution in [-0.4, -0.2) is 41.9 Å². The van der Waals surface area contributed by atoms with Crippen molar-refractivity contribution < 1.29 is 23.6 Å². The average molecular weight is 458 g/mol. The Kier molecular flexibility index (Phi) is 9.17. The maximum Gasteiger partial charge on any atom is 0.310 e. The highest BCUT2D eigenvalue weighted by molar-refractivity contribution is 7.90. The van der Waals surface area contributed by atoms with E-state index in [9.17, 15) is 14.5 Å². The maximum absolute atomic E-state index is 12.8. The van der Waals surface area contributed by atoms with Gasteiger partial charge in [0.05, 0.1) is 19.6 Å². The molecule has 0 aliphatic heterocycles. The van der Waals surface area contributed by atoms with Crippen LogP contribution in [0.1, 0.15) is 59.6 Å². The molecule has 1 unspecified atom stereocenters. The van der Waals surface area contributed by atoms with E-state index < -0.39 is 30.2 Å². The van der Waals surface area contributed by atoms with Crippen LogP contribution in [-0.2, 0) is 37.5 Å². The molecule has 2 N–H and O–H groups in total. The van der Waals surface area contributed by atoms with Gasteiger partial charge in [0, 0.05) is 16.9 Å². The maximum atomic E-state index is 12.8. The van der Waals surface area contributed by atoms with Crippen molar-refractivity contribution in [3.63, 3.8) is 0 Å². The second-order valence-corrected chi connectivity index (χ2v) is 16.8. The van der Waals surface area contributed by atoms with Gasteiger partial charge in [0.25, 0.3) is 0 Å². The van der Waals surface area contributed by atoms with Gasteiger partial charge in [0.15, 0.2) is 8.32 Å². The molecule has 0 fully saturated rings. The molecule has 1 aromatic carbocycles. The molecule has 0 aliphatic rings. The average Bonchev–Trinajstić information content (AvgIpc) is 2.59. The molecule has 8 heteroatoms. The fourth-order valence-electron chi connectivity index (χ4n) is 2.26. The molecule has 0 aliphatic carbocycles. The first-order chi connectivity index (χ1) is 13.5. The number of hydrogen-bond acceptors (Lipinski definition) is 6. The van der Waals surface area contributed by atoms with Gasteiger partial charge < -0.3 is 18.8 Å². The van der Waals surface area contributed by atoms with E-state index in [1.54, 1.807) is 31.2 Å². The number of benzene rings is 1. The Morgan fingerprint density at radius 3 is 2.10 bits per heavy atom. The second kappa shape index (κ2) is 10.1. The van der Waals surface area contributed by atoms with Gasteiger partial charge in [-0.3, -0.25) is 4.79 Å². The first-order valence-corrected chi connectivity index (χ1v) is 14.4. The van der Waals surface area contributed by atoms with Crippen molar-refractivity contribution in [2.75, 3.05) is 13.2 Å². The molecule has 172 valence electrons. The van der Waals surface area contributed by atoms with Gasteiger partial charge in [-0.2, -0.15) is 0 Å². The van der Waals surface area contributed by atoms with Gasteiger partial charge in [-0.05, 0) is 51.4 Å². The smallest absolute Gasteiger partial charge is 0.310 e. The topological polar surface area (TPSA) is 90.9 Å². The second-order valence-electron chi connectivity index (χ2n) is 10.1. The molecule has 0 heterocycles. The summed E-state index contributed by atoms with van der Waals surface area (Å²) in [6.07, 6.45) is 0.161. The number of ether oxygens (including phenoxy) is 1. The van der Waals surface area contributed by atoms with Crippen LogP contribution in [0, 0.1) is 0 Å². The normalized spacial score (nSPS) is 16.1. The Labute approximate surface area is 186 Å². The van der Waals surface area contributed by atoms with E-state index in [0.717, 1.165) is 5.56 Å². The summed E-state index contributed by atoms with van der Waals surface area (Å²) < 4.78 is 26.4. The zero-order chi connectivity index (χ0) is 23.4. The number of esters is 1. The van der Waals surface area contributed by atoms with Gasteiger partial charge in [0.1, 0.15) is 4.75 Å². The Morgan fingerprint density at radius 1 is 1.13 bits per heavy atom. The predicted molar refractivity (Wildman–Crippen MR) is 125 cm³/mol. The molecule has 1 rings (SSSR count). The minimum atomic E-state index is -2.15. The van der Waals surface area contributed by atoms with Crippen molar-refractivity contribution in [1.82, 2.24) is 4.72 Å². The zero-order valence-electron chi connectivity index (χ0n) is 19.9. The van der Waals surface area contributed by atoms with Crippen LogP contribution in [0.25, 0.3) is 0 Å². The van der Waals surface area contributed by atoms with Crippen LogP contribution in [0.5, 0.6) is 0 Å². The molecule has 6 nitrogen and oxygen atoms in total. The third kappa shape index (κ3) is 7.66. The van der Waals surface area contributed by atoms with Crippen LogP contribution in [0.15, 0.2) is 24.3 Å². The number of rotatable bonds is 9. The third-order valence-corrected chi connectivity index (χ3v) is 11.5. The van der Waals surface area contributed by atoms with E-state index in [1.807, 2.05) is 20.8 Å². The fourth-order valence-corrected chi connectivity index (χ4v) is 4.05. The summed E-state index contributed by atoms with van der Waals surface area (Å²) >= 11 is -1.51. The SMILES string of the molecule is CCOC(=O)Cc1ccc([C@](O)(CO[Si](C)(C)C(C)(C)C)N[S+]([O-])C(C)(C)C)cc1. The first kappa shape index (κ1) is 27.1. The molecule has 0 saturated carbocycles. The molecule has 0 amide bonds. The number of hydrogen-bond donors (Lipinski definition) is 2. The molecule has 0 spiro atoms. The molecule has 2 atom stereocenters. The van der Waals surface area contributed by atoms with Crippen LogP contribution in [0.4, 0.5) is 0 Å². The largest absolute Gasteiger partial charge is 0.598 e. The standard InChI is InChI=1S/C22H39NO5SSi/c1-10-27-19(24)15-17-11-13-18(14-12-17)22(25,23-29(26)20(2,3)4)16-28-30(8,9)21(5,6)7/h11-14,23,25H,10,15-16H2,1-9H3/t22-,29?/m1/s1. The minimum Gasteiger partial charge on any atom is -0.598 e. The minimum absolute atomic E-state index is 0.0253. The fraction of sp³-hybridized carbons (Fsp3) is 0.682. The van der Waals surface area contributed by atoms with Crippen molar-refractivity contribution in [3.05, 3.63) is 35.4 Å². The summed E-state index contributed by atoms with van der Waals surface area (Å²) in [6.45, 7) is 18.2. The van der Waals surface area contributed by atoms with Crippen LogP contribution in [0.3, 0.4) is 0 Å². The number of aliphatic hydroxyl groups is 1. The van der Waals surface area contributed by atoms with Crippen molar-refractivity contribution >= 4 is 25.6 Å². The van der Waals surface area contributed by atoms with E-state index in [2.05, 4.69) is 38.6 Å². The van der Waals surface area contributed by atoms with Gasteiger partial charge in [-0.15, -0.1) is 4.72 Å². The van der Waals surface area contributed by atoms with Gasteiger partial charge >= 0.3 is 5.97 Å². The van der Waals surface area contributed by atoms with Gasteiger partial charge in [0.2, 0.25) is 5.72 Å². The molecule has 1 aromatic rings. The lowest BCUT2D eigenvalue weighted by atomic mass is 10.0. The summed E-state index contributed by atoms with van der Waals surface area (Å²) in [5.41, 5.74) is -0.316. The molecule has 0 bridgehead atoms. The Hall–Kier alpha value is -0.903. The number of carbonyl (C=O) groups is 1. The summed E-state index contributed by atoms with van der Waals surface area (Å²) in [6, 6.07) is 7.00. The Balaban J connectivity index is 3.15. The van der Waals surface area contributed by atoms with Crippen molar-refractivity contribution in [3.8, 4) is 0 Å². The molecule has 30 heavy (non-hydrogen) atoms. The predicted octanol–water partition coefficient (Wildman–Crippen LogP) is 4.01. The summed E-state index contributed by atoms with van der Waals surface area (Å²) in [4.78, 5) is 11.7. The highest BCUT2D eigenvalue weighted by atomic mass is 32.2. The van der Waals surface area contributed by atoms with E-state index >= 15 is 0 Å². The van der Waals surface area contributed by atoms with Crippen LogP contribution < -0.4 is 4.72 Å². The van der Waals surface area contributed by atoms with Crippen molar-refractivity contribution in [1.29, 1.82) is 0 Å². The van der Waals surface area contributed by atoms with Crippen LogP contribution >= 0.6 is 0 Å². The van der Waals surface area contributed by atoms with E-state index in [0.29, 0.717) is 12.2 Å². The molecule has 0 saturated heterocycles. The Morgan fingerprint density at radius 2 is 1.67 bits per heavy atom. The van der Waals surface area contributed by atoms with E-state index in [-0.39, 0.29) is 24.0 Å². The third-order valence-electron chi connectivity index (χ3n) is 5.35. The van der Waals surface area contributed by atoms with Crippen molar-refractivity contribution in [2.45, 2.75) is 83.5 Å². The highest BCUT2D eigenvalue weighted by Crippen LogP contribution is 2.38. The van der Waals surface area contributed by atoms with Crippen LogP contribution in [0.2, 0.25) is 18.1 Å². The van der Waals surface area contributed by atoms with E-state index in [4.69, 9.17) is 9.16 Å². The first-order valence-electron chi connectivity index (χ1n) is 10.3. The number of nitrogens with one attached hydrogen (secondary N) is 1. The lowest BCUT2D eigenvalue weighted by molar-refractivity contribution is -0.142. The molecule has 0 aromatic heterocycles. The Bertz CT molecular complexity index is 697. The lowest BCUT2D eigenvalue weighted by Gasteiger charge is -2.40. The quantitative estimate of drug-likeness (QED) is 0.252. The zero-order valence-corrected chi connectivity index (χ0v) is 21.7. The summed E-state index contributed by atoms with van der Waals surface area (Å²) in [7, 11) is -2.15. The molecule has 0 radical (unpaired) electrons. The summed E-state index contributed by atoms with van der Waals surface area (Å²) in [5.74, 6) is -0.297. The monoisotopic (exact) mass is 457 g/mol. The lowest BCUT2D eigenvalue weighted by Crippen LogP contribution is -2.56.